The van der Waals surface area contributed by atoms with Gasteiger partial charge in [0.05, 0.1) is 11.9 Å². The number of nitrogens with zero attached hydrogens (tertiary/aromatic N) is 2. The predicted molar refractivity (Wildman–Crippen MR) is 169 cm³/mol. The number of hydrogen-bond acceptors (Lipinski definition) is 4. The van der Waals surface area contributed by atoms with Crippen molar-refractivity contribution in [1.29, 1.82) is 0 Å². The number of sulfonamides is 1. The van der Waals surface area contributed by atoms with Crippen molar-refractivity contribution in [2.45, 2.75) is 63.6 Å². The van der Waals surface area contributed by atoms with Gasteiger partial charge in [0.1, 0.15) is 11.9 Å². The maximum atomic E-state index is 14.5. The average Bonchev–Trinajstić information content (AvgIpc) is 3.47. The van der Waals surface area contributed by atoms with Gasteiger partial charge >= 0.3 is 0 Å². The topological polar surface area (TPSA) is 86.8 Å². The summed E-state index contributed by atoms with van der Waals surface area (Å²) in [4.78, 5) is 29.3. The maximum Gasteiger partial charge on any atom is 0.243 e. The van der Waals surface area contributed by atoms with E-state index in [0.717, 1.165) is 41.8 Å². The van der Waals surface area contributed by atoms with Crippen LogP contribution in [0, 0.1) is 5.82 Å². The Hall–Kier alpha value is -3.14. The fourth-order valence-electron chi connectivity index (χ4n) is 5.39. The zero-order valence-corrected chi connectivity index (χ0v) is 26.3. The lowest BCUT2D eigenvalue weighted by atomic mass is 10.0. The van der Waals surface area contributed by atoms with E-state index < -0.39 is 21.9 Å². The van der Waals surface area contributed by atoms with Crippen molar-refractivity contribution in [3.8, 4) is 0 Å². The lowest BCUT2D eigenvalue weighted by Gasteiger charge is -2.33. The standard InChI is InChI=1S/C32H36Cl2FN3O4S/c1-43(41,42)38(29-15-8-7-14-28(29)35)19-9-16-31(39)37(22-24-17-18-25(33)21-27(24)34)30(20-23-10-3-2-4-11-23)32(40)36-26-12-5-6-13-26/h2-4,7-8,10-11,14-15,17-18,21,26,30H,5-6,9,12-13,16,19-20,22H2,1H3,(H,36,40)/t30-/m1/s1. The number of nitrogens with one attached hydrogen (secondary N) is 1. The highest BCUT2D eigenvalue weighted by Crippen LogP contribution is 2.26. The van der Waals surface area contributed by atoms with Gasteiger partial charge in [-0.1, -0.05) is 84.6 Å². The van der Waals surface area contributed by atoms with Crippen LogP contribution >= 0.6 is 23.2 Å². The summed E-state index contributed by atoms with van der Waals surface area (Å²) in [5.74, 6) is -1.28. The molecule has 1 atom stereocenters. The van der Waals surface area contributed by atoms with Crippen molar-refractivity contribution in [3.63, 3.8) is 0 Å². The predicted octanol–water partition coefficient (Wildman–Crippen LogP) is 6.38. The number of hydrogen-bond donors (Lipinski definition) is 1. The molecule has 0 radical (unpaired) electrons. The Kier molecular flexibility index (Phi) is 11.5. The summed E-state index contributed by atoms with van der Waals surface area (Å²) in [5, 5.41) is 3.96. The molecule has 3 aromatic carbocycles. The Labute approximate surface area is 263 Å². The molecule has 3 aromatic rings. The molecule has 0 heterocycles. The highest BCUT2D eigenvalue weighted by molar-refractivity contribution is 7.92. The highest BCUT2D eigenvalue weighted by atomic mass is 35.5. The van der Waals surface area contributed by atoms with Crippen molar-refractivity contribution in [1.82, 2.24) is 10.2 Å². The third kappa shape index (κ3) is 9.17. The van der Waals surface area contributed by atoms with Crippen LogP contribution in [-0.2, 0) is 32.6 Å². The molecule has 0 spiro atoms. The largest absolute Gasteiger partial charge is 0.352 e. The Balaban J connectivity index is 1.61. The summed E-state index contributed by atoms with van der Waals surface area (Å²) < 4.78 is 40.6. The molecule has 0 aliphatic heterocycles. The molecule has 4 rings (SSSR count). The molecule has 1 fully saturated rings. The molecule has 0 unspecified atom stereocenters. The fraction of sp³-hybridized carbons (Fsp3) is 0.375. The number of carbonyl (C=O) groups excluding carboxylic acids is 2. The zero-order chi connectivity index (χ0) is 31.0. The van der Waals surface area contributed by atoms with Crippen LogP contribution in [-0.4, -0.2) is 50.0 Å². The minimum absolute atomic E-state index is 0.0472. The molecular formula is C32H36Cl2FN3O4S. The SMILES string of the molecule is CS(=O)(=O)N(CCCC(=O)N(Cc1ccc(Cl)cc1Cl)[C@H](Cc1ccccc1)C(=O)NC1CCCC1)c1ccccc1F. The Bertz CT molecular complexity index is 1520. The van der Waals surface area contributed by atoms with E-state index in [2.05, 4.69) is 5.32 Å². The van der Waals surface area contributed by atoms with E-state index in [-0.39, 0.29) is 55.9 Å². The van der Waals surface area contributed by atoms with E-state index in [4.69, 9.17) is 23.2 Å². The van der Waals surface area contributed by atoms with Gasteiger partial charge in [0.15, 0.2) is 0 Å². The van der Waals surface area contributed by atoms with E-state index in [9.17, 15) is 22.4 Å². The first-order valence-electron chi connectivity index (χ1n) is 14.3. The second kappa shape index (κ2) is 15.0. The summed E-state index contributed by atoms with van der Waals surface area (Å²) in [7, 11) is -3.83. The van der Waals surface area contributed by atoms with Gasteiger partial charge in [-0.3, -0.25) is 13.9 Å². The summed E-state index contributed by atoms with van der Waals surface area (Å²) in [6, 6.07) is 19.3. The highest BCUT2D eigenvalue weighted by Gasteiger charge is 2.32. The maximum absolute atomic E-state index is 14.5. The molecule has 11 heteroatoms. The molecule has 0 aromatic heterocycles. The molecule has 43 heavy (non-hydrogen) atoms. The number of anilines is 1. The van der Waals surface area contributed by atoms with Crippen molar-refractivity contribution < 1.29 is 22.4 Å². The number of benzene rings is 3. The van der Waals surface area contributed by atoms with Crippen LogP contribution in [0.4, 0.5) is 10.1 Å². The van der Waals surface area contributed by atoms with Gasteiger partial charge < -0.3 is 10.2 Å². The van der Waals surface area contributed by atoms with Crippen LogP contribution in [0.15, 0.2) is 72.8 Å². The molecule has 0 bridgehead atoms. The van der Waals surface area contributed by atoms with Crippen LogP contribution in [0.2, 0.25) is 10.0 Å². The van der Waals surface area contributed by atoms with E-state index in [1.807, 2.05) is 30.3 Å². The Morgan fingerprint density at radius 3 is 2.33 bits per heavy atom. The molecule has 2 amide bonds. The van der Waals surface area contributed by atoms with Crippen molar-refractivity contribution in [2.24, 2.45) is 0 Å². The first kappa shape index (κ1) is 32.8. The monoisotopic (exact) mass is 647 g/mol. The molecule has 1 saturated carbocycles. The van der Waals surface area contributed by atoms with Gasteiger partial charge in [-0.15, -0.1) is 0 Å². The van der Waals surface area contributed by atoms with Gasteiger partial charge in [-0.05, 0) is 54.7 Å². The lowest BCUT2D eigenvalue weighted by molar-refractivity contribution is -0.141. The molecule has 1 aliphatic rings. The summed E-state index contributed by atoms with van der Waals surface area (Å²) in [5.41, 5.74) is 1.42. The number of rotatable bonds is 13. The molecule has 7 nitrogen and oxygen atoms in total. The second-order valence-electron chi connectivity index (χ2n) is 10.8. The van der Waals surface area contributed by atoms with Crippen LogP contribution in [0.1, 0.15) is 49.7 Å². The van der Waals surface area contributed by atoms with E-state index in [1.165, 1.54) is 23.1 Å². The van der Waals surface area contributed by atoms with Crippen molar-refractivity contribution >= 4 is 50.7 Å². The number of halogens is 3. The van der Waals surface area contributed by atoms with E-state index in [1.54, 1.807) is 24.3 Å². The minimum Gasteiger partial charge on any atom is -0.352 e. The summed E-state index contributed by atoms with van der Waals surface area (Å²) in [6.45, 7) is -0.0633. The zero-order valence-electron chi connectivity index (χ0n) is 24.0. The Morgan fingerprint density at radius 1 is 1.00 bits per heavy atom. The van der Waals surface area contributed by atoms with Crippen molar-refractivity contribution in [2.75, 3.05) is 17.1 Å². The second-order valence-corrected chi connectivity index (χ2v) is 13.6. The normalized spacial score (nSPS) is 14.3. The third-order valence-electron chi connectivity index (χ3n) is 7.60. The first-order valence-corrected chi connectivity index (χ1v) is 16.9. The number of amides is 2. The average molecular weight is 649 g/mol. The van der Waals surface area contributed by atoms with Crippen LogP contribution in [0.25, 0.3) is 0 Å². The molecule has 1 aliphatic carbocycles. The first-order chi connectivity index (χ1) is 20.5. The van der Waals surface area contributed by atoms with Crippen molar-refractivity contribution in [3.05, 3.63) is 99.8 Å². The van der Waals surface area contributed by atoms with E-state index in [0.29, 0.717) is 15.6 Å². The van der Waals surface area contributed by atoms with Gasteiger partial charge in [0.2, 0.25) is 21.8 Å². The van der Waals surface area contributed by atoms with Gasteiger partial charge in [0, 0.05) is 42.0 Å². The lowest BCUT2D eigenvalue weighted by Crippen LogP contribution is -2.52. The number of para-hydroxylation sites is 1. The van der Waals surface area contributed by atoms with Crippen LogP contribution < -0.4 is 9.62 Å². The fourth-order valence-corrected chi connectivity index (χ4v) is 6.83. The summed E-state index contributed by atoms with van der Waals surface area (Å²) in [6.07, 6.45) is 5.16. The summed E-state index contributed by atoms with van der Waals surface area (Å²) >= 11 is 12.6. The minimum atomic E-state index is -3.83. The van der Waals surface area contributed by atoms with Gasteiger partial charge in [-0.2, -0.15) is 0 Å². The molecule has 0 saturated heterocycles. The smallest absolute Gasteiger partial charge is 0.243 e. The van der Waals surface area contributed by atoms with E-state index >= 15 is 0 Å². The van der Waals surface area contributed by atoms with Crippen LogP contribution in [0.3, 0.4) is 0 Å². The third-order valence-corrected chi connectivity index (χ3v) is 9.37. The quantitative estimate of drug-likeness (QED) is 0.233. The molecular weight excluding hydrogens is 612 g/mol. The molecule has 1 N–H and O–H groups in total. The number of carbonyl (C=O) groups is 2. The Morgan fingerprint density at radius 2 is 1.67 bits per heavy atom. The van der Waals surface area contributed by atoms with Gasteiger partial charge in [0.25, 0.3) is 0 Å². The molecule has 230 valence electrons. The van der Waals surface area contributed by atoms with Crippen LogP contribution in [0.5, 0.6) is 0 Å². The van der Waals surface area contributed by atoms with Gasteiger partial charge in [-0.25, -0.2) is 12.8 Å².